The predicted octanol–water partition coefficient (Wildman–Crippen LogP) is 4.29. The molecule has 1 unspecified atom stereocenters. The quantitative estimate of drug-likeness (QED) is 0.697. The molecule has 2 heterocycles. The monoisotopic (exact) mass is 226 g/mol. The second-order valence-electron chi connectivity index (χ2n) is 3.25. The van der Waals surface area contributed by atoms with Crippen LogP contribution in [0.15, 0.2) is 28.9 Å². The first-order valence-electron chi connectivity index (χ1n) is 4.43. The second kappa shape index (κ2) is 3.79. The lowest BCUT2D eigenvalue weighted by Crippen LogP contribution is -1.90. The van der Waals surface area contributed by atoms with E-state index >= 15 is 0 Å². The van der Waals surface area contributed by atoms with Crippen LogP contribution >= 0.6 is 22.9 Å². The normalized spacial score (nSPS) is 13.1. The van der Waals surface area contributed by atoms with Crippen LogP contribution in [0.25, 0.3) is 0 Å². The van der Waals surface area contributed by atoms with Crippen LogP contribution in [-0.4, -0.2) is 0 Å². The lowest BCUT2D eigenvalue weighted by molar-refractivity contribution is 0.516. The van der Waals surface area contributed by atoms with E-state index in [4.69, 9.17) is 16.0 Å². The zero-order valence-electron chi connectivity index (χ0n) is 8.08. The summed E-state index contributed by atoms with van der Waals surface area (Å²) in [6.45, 7) is 4.18. The van der Waals surface area contributed by atoms with E-state index in [1.165, 1.54) is 9.75 Å². The van der Waals surface area contributed by atoms with Gasteiger partial charge in [-0.15, -0.1) is 22.9 Å². The van der Waals surface area contributed by atoms with Crippen molar-refractivity contribution in [3.8, 4) is 0 Å². The summed E-state index contributed by atoms with van der Waals surface area (Å²) >= 11 is 8.07. The van der Waals surface area contributed by atoms with Crippen LogP contribution in [0.2, 0.25) is 0 Å². The Morgan fingerprint density at radius 1 is 1.43 bits per heavy atom. The summed E-state index contributed by atoms with van der Waals surface area (Å²) in [5.74, 6) is 0.813. The van der Waals surface area contributed by atoms with Crippen molar-refractivity contribution < 1.29 is 4.42 Å². The third-order valence-corrected chi connectivity index (χ3v) is 3.58. The Bertz CT molecular complexity index is 416. The largest absolute Gasteiger partial charge is 0.467 e. The van der Waals surface area contributed by atoms with Gasteiger partial charge in [0.05, 0.1) is 6.26 Å². The molecule has 2 rings (SSSR count). The number of alkyl halides is 1. The van der Waals surface area contributed by atoms with E-state index in [0.29, 0.717) is 0 Å². The number of hydrogen-bond acceptors (Lipinski definition) is 2. The molecule has 0 aliphatic carbocycles. The number of furan rings is 1. The Morgan fingerprint density at radius 3 is 2.71 bits per heavy atom. The molecule has 0 aliphatic rings. The number of rotatable bonds is 2. The Labute approximate surface area is 92.3 Å². The van der Waals surface area contributed by atoms with Gasteiger partial charge in [0.15, 0.2) is 0 Å². The first-order valence-corrected chi connectivity index (χ1v) is 5.68. The zero-order valence-corrected chi connectivity index (χ0v) is 9.65. The maximum absolute atomic E-state index is 6.30. The first-order chi connectivity index (χ1) is 6.68. The van der Waals surface area contributed by atoms with Crippen molar-refractivity contribution in [3.05, 3.63) is 45.5 Å². The minimum absolute atomic E-state index is 0.157. The summed E-state index contributed by atoms with van der Waals surface area (Å²) in [5.41, 5.74) is 1.16. The summed E-state index contributed by atoms with van der Waals surface area (Å²) < 4.78 is 5.29. The van der Waals surface area contributed by atoms with Crippen LogP contribution in [0.3, 0.4) is 0 Å². The van der Waals surface area contributed by atoms with E-state index < -0.39 is 0 Å². The molecule has 0 N–H and O–H groups in total. The van der Waals surface area contributed by atoms with Crippen molar-refractivity contribution in [2.24, 2.45) is 0 Å². The summed E-state index contributed by atoms with van der Waals surface area (Å²) in [5, 5.41) is -0.157. The predicted molar refractivity (Wildman–Crippen MR) is 60.2 cm³/mol. The molecule has 2 aromatic heterocycles. The SMILES string of the molecule is Cc1cc(C(Cl)c2ccco2)c(C)s1. The average molecular weight is 227 g/mol. The topological polar surface area (TPSA) is 13.1 Å². The van der Waals surface area contributed by atoms with Gasteiger partial charge in [0.25, 0.3) is 0 Å². The highest BCUT2D eigenvalue weighted by Crippen LogP contribution is 2.35. The van der Waals surface area contributed by atoms with Gasteiger partial charge >= 0.3 is 0 Å². The van der Waals surface area contributed by atoms with Crippen LogP contribution in [0.1, 0.15) is 26.5 Å². The fraction of sp³-hybridized carbons (Fsp3) is 0.273. The van der Waals surface area contributed by atoms with Crippen molar-refractivity contribution in [1.82, 2.24) is 0 Å². The minimum atomic E-state index is -0.157. The molecular weight excluding hydrogens is 216 g/mol. The number of thiophene rings is 1. The van der Waals surface area contributed by atoms with Crippen molar-refractivity contribution in [1.29, 1.82) is 0 Å². The van der Waals surface area contributed by atoms with Crippen molar-refractivity contribution in [3.63, 3.8) is 0 Å². The lowest BCUT2D eigenvalue weighted by Gasteiger charge is -2.04. The highest BCUT2D eigenvalue weighted by atomic mass is 35.5. The molecule has 14 heavy (non-hydrogen) atoms. The third kappa shape index (κ3) is 1.72. The second-order valence-corrected chi connectivity index (χ2v) is 5.14. The molecule has 1 atom stereocenters. The van der Waals surface area contributed by atoms with Gasteiger partial charge in [-0.05, 0) is 37.6 Å². The molecule has 0 aromatic carbocycles. The number of aryl methyl sites for hydroxylation is 2. The van der Waals surface area contributed by atoms with Gasteiger partial charge in [-0.25, -0.2) is 0 Å². The highest BCUT2D eigenvalue weighted by molar-refractivity contribution is 7.12. The van der Waals surface area contributed by atoms with Gasteiger partial charge in [0.1, 0.15) is 11.1 Å². The molecule has 0 bridgehead atoms. The zero-order chi connectivity index (χ0) is 10.1. The summed E-state index contributed by atoms with van der Waals surface area (Å²) in [7, 11) is 0. The van der Waals surface area contributed by atoms with Crippen molar-refractivity contribution in [2.75, 3.05) is 0 Å². The molecule has 0 amide bonds. The number of hydrogen-bond donors (Lipinski definition) is 0. The molecule has 0 radical (unpaired) electrons. The molecule has 0 aliphatic heterocycles. The van der Waals surface area contributed by atoms with Crippen LogP contribution in [0, 0.1) is 13.8 Å². The smallest absolute Gasteiger partial charge is 0.126 e. The number of halogens is 1. The Balaban J connectivity index is 2.36. The standard InChI is InChI=1S/C11H11ClOS/c1-7-6-9(8(2)14-7)11(12)10-4-3-5-13-10/h3-6,11H,1-2H3. The Hall–Kier alpha value is -0.730. The fourth-order valence-corrected chi connectivity index (χ4v) is 2.87. The van der Waals surface area contributed by atoms with Crippen molar-refractivity contribution in [2.45, 2.75) is 19.2 Å². The van der Waals surface area contributed by atoms with E-state index in [2.05, 4.69) is 19.9 Å². The van der Waals surface area contributed by atoms with Gasteiger partial charge in [-0.1, -0.05) is 0 Å². The van der Waals surface area contributed by atoms with Crippen LogP contribution in [0.4, 0.5) is 0 Å². The fourth-order valence-electron chi connectivity index (χ4n) is 1.49. The van der Waals surface area contributed by atoms with Crippen LogP contribution < -0.4 is 0 Å². The maximum Gasteiger partial charge on any atom is 0.126 e. The molecule has 74 valence electrons. The Kier molecular flexibility index (Phi) is 2.66. The van der Waals surface area contributed by atoms with Gasteiger partial charge in [0.2, 0.25) is 0 Å². The van der Waals surface area contributed by atoms with Gasteiger partial charge < -0.3 is 4.42 Å². The lowest BCUT2D eigenvalue weighted by atomic mass is 10.1. The highest BCUT2D eigenvalue weighted by Gasteiger charge is 2.17. The molecule has 0 saturated heterocycles. The van der Waals surface area contributed by atoms with E-state index in [1.54, 1.807) is 17.6 Å². The average Bonchev–Trinajstić information content (AvgIpc) is 2.73. The van der Waals surface area contributed by atoms with E-state index in [0.717, 1.165) is 11.3 Å². The first kappa shape index (κ1) is 9.81. The molecule has 0 fully saturated rings. The molecule has 3 heteroatoms. The van der Waals surface area contributed by atoms with Gasteiger partial charge in [-0.3, -0.25) is 0 Å². The van der Waals surface area contributed by atoms with Gasteiger partial charge in [0, 0.05) is 9.75 Å². The van der Waals surface area contributed by atoms with Crippen LogP contribution in [0.5, 0.6) is 0 Å². The van der Waals surface area contributed by atoms with Gasteiger partial charge in [-0.2, -0.15) is 0 Å². The van der Waals surface area contributed by atoms with Crippen LogP contribution in [-0.2, 0) is 0 Å². The molecular formula is C11H11ClOS. The Morgan fingerprint density at radius 2 is 2.21 bits per heavy atom. The third-order valence-electron chi connectivity index (χ3n) is 2.15. The minimum Gasteiger partial charge on any atom is -0.467 e. The maximum atomic E-state index is 6.30. The summed E-state index contributed by atoms with van der Waals surface area (Å²) in [6, 6.07) is 5.89. The molecule has 2 aromatic rings. The van der Waals surface area contributed by atoms with E-state index in [1.807, 2.05) is 12.1 Å². The summed E-state index contributed by atoms with van der Waals surface area (Å²) in [4.78, 5) is 2.55. The molecule has 0 spiro atoms. The summed E-state index contributed by atoms with van der Waals surface area (Å²) in [6.07, 6.45) is 1.65. The van der Waals surface area contributed by atoms with Crippen molar-refractivity contribution >= 4 is 22.9 Å². The molecule has 0 saturated carbocycles. The van der Waals surface area contributed by atoms with E-state index in [-0.39, 0.29) is 5.38 Å². The van der Waals surface area contributed by atoms with E-state index in [9.17, 15) is 0 Å². The molecule has 1 nitrogen and oxygen atoms in total.